The summed E-state index contributed by atoms with van der Waals surface area (Å²) in [5, 5.41) is 5.14. The molecule has 3 amide bonds. The van der Waals surface area contributed by atoms with E-state index in [1.54, 1.807) is 17.5 Å². The van der Waals surface area contributed by atoms with Gasteiger partial charge in [0.2, 0.25) is 0 Å². The topological polar surface area (TPSA) is 65.5 Å². The zero-order valence-electron chi connectivity index (χ0n) is 20.4. The van der Waals surface area contributed by atoms with E-state index in [9.17, 15) is 9.59 Å². The number of thiophene rings is 1. The van der Waals surface area contributed by atoms with Gasteiger partial charge in [0.25, 0.3) is 5.91 Å². The third kappa shape index (κ3) is 4.62. The molecule has 6 nitrogen and oxygen atoms in total. The summed E-state index contributed by atoms with van der Waals surface area (Å²) in [6.45, 7) is 7.34. The standard InChI is InChI=1S/C28H32N4O2S/c1-20-8-9-22(21(2)18-20)19-31-14-10-23(11-15-31)28(25-7-3-4-13-29-25)26(33)32(27(34)30-28)16-12-24-6-5-17-35-24/h3-9,13,17-18,23H,10-12,14-16,19H2,1-2H3,(H,30,34). The van der Waals surface area contributed by atoms with Crippen molar-refractivity contribution in [2.24, 2.45) is 5.92 Å². The van der Waals surface area contributed by atoms with E-state index < -0.39 is 5.54 Å². The molecule has 0 radical (unpaired) electrons. The molecule has 2 fully saturated rings. The van der Waals surface area contributed by atoms with Crippen molar-refractivity contribution in [2.45, 2.75) is 45.2 Å². The van der Waals surface area contributed by atoms with Crippen LogP contribution in [0.1, 0.15) is 40.1 Å². The second-order valence-electron chi connectivity index (χ2n) is 9.72. The Morgan fingerprint density at radius 3 is 2.60 bits per heavy atom. The normalized spacial score (nSPS) is 21.5. The third-order valence-corrected chi connectivity index (χ3v) is 8.39. The fourth-order valence-corrected chi connectivity index (χ4v) is 6.22. The summed E-state index contributed by atoms with van der Waals surface area (Å²) in [4.78, 5) is 36.6. The van der Waals surface area contributed by atoms with Crippen molar-refractivity contribution in [3.8, 4) is 0 Å². The zero-order chi connectivity index (χ0) is 24.4. The maximum atomic E-state index is 13.9. The number of rotatable bonds is 7. The first-order valence-electron chi connectivity index (χ1n) is 12.3. The molecule has 0 saturated carbocycles. The van der Waals surface area contributed by atoms with Crippen LogP contribution in [0.2, 0.25) is 0 Å². The summed E-state index contributed by atoms with van der Waals surface area (Å²) in [5.41, 5.74) is 3.49. The minimum atomic E-state index is -1.10. The zero-order valence-corrected chi connectivity index (χ0v) is 21.2. The smallest absolute Gasteiger partial charge is 0.318 e. The maximum absolute atomic E-state index is 13.9. The molecular formula is C28H32N4O2S. The molecule has 2 aliphatic rings. The molecule has 182 valence electrons. The van der Waals surface area contributed by atoms with Crippen molar-refractivity contribution in [3.05, 3.63) is 87.4 Å². The number of hydrogen-bond donors (Lipinski definition) is 1. The van der Waals surface area contributed by atoms with Crippen LogP contribution < -0.4 is 5.32 Å². The third-order valence-electron chi connectivity index (χ3n) is 7.45. The first kappa shape index (κ1) is 23.7. The number of carbonyl (C=O) groups excluding carboxylic acids is 2. The molecule has 1 unspecified atom stereocenters. The summed E-state index contributed by atoms with van der Waals surface area (Å²) >= 11 is 1.65. The molecule has 0 spiro atoms. The number of pyridine rings is 1. The Hall–Kier alpha value is -3.03. The van der Waals surface area contributed by atoms with Crippen LogP contribution in [-0.4, -0.2) is 46.4 Å². The Labute approximate surface area is 211 Å². The molecule has 1 atom stereocenters. The van der Waals surface area contributed by atoms with Gasteiger partial charge in [-0.15, -0.1) is 11.3 Å². The van der Waals surface area contributed by atoms with Crippen LogP contribution in [-0.2, 0) is 23.3 Å². The molecule has 35 heavy (non-hydrogen) atoms. The second kappa shape index (κ2) is 9.91. The highest BCUT2D eigenvalue weighted by molar-refractivity contribution is 7.09. The van der Waals surface area contributed by atoms with Crippen molar-refractivity contribution in [3.63, 3.8) is 0 Å². The van der Waals surface area contributed by atoms with Gasteiger partial charge in [0, 0.05) is 24.2 Å². The summed E-state index contributed by atoms with van der Waals surface area (Å²) in [6, 6.07) is 16.0. The van der Waals surface area contributed by atoms with Gasteiger partial charge < -0.3 is 5.32 Å². The average molecular weight is 489 g/mol. The van der Waals surface area contributed by atoms with E-state index in [2.05, 4.69) is 47.2 Å². The molecule has 0 aliphatic carbocycles. The Kier molecular flexibility index (Phi) is 6.71. The first-order valence-corrected chi connectivity index (χ1v) is 13.2. The first-order chi connectivity index (χ1) is 17.0. The highest BCUT2D eigenvalue weighted by Gasteiger charge is 2.57. The van der Waals surface area contributed by atoms with Crippen LogP contribution in [0.4, 0.5) is 4.79 Å². The molecule has 4 heterocycles. The van der Waals surface area contributed by atoms with Gasteiger partial charge in [0.05, 0.1) is 5.69 Å². The lowest BCUT2D eigenvalue weighted by Crippen LogP contribution is -2.54. The molecule has 7 heteroatoms. The van der Waals surface area contributed by atoms with Gasteiger partial charge in [-0.1, -0.05) is 35.9 Å². The monoisotopic (exact) mass is 488 g/mol. The molecule has 3 aromatic rings. The molecule has 1 N–H and O–H groups in total. The number of aryl methyl sites for hydroxylation is 2. The minimum Gasteiger partial charge on any atom is -0.318 e. The number of carbonyl (C=O) groups is 2. The number of hydrogen-bond acceptors (Lipinski definition) is 5. The predicted molar refractivity (Wildman–Crippen MR) is 138 cm³/mol. The number of imide groups is 1. The van der Waals surface area contributed by atoms with Gasteiger partial charge in [-0.25, -0.2) is 4.79 Å². The van der Waals surface area contributed by atoms with Gasteiger partial charge >= 0.3 is 6.03 Å². The number of nitrogens with one attached hydrogen (secondary N) is 1. The summed E-state index contributed by atoms with van der Waals surface area (Å²) in [5.74, 6) is -0.165. The van der Waals surface area contributed by atoms with Crippen molar-refractivity contribution in [1.82, 2.24) is 20.1 Å². The van der Waals surface area contributed by atoms with Crippen molar-refractivity contribution < 1.29 is 9.59 Å². The van der Waals surface area contributed by atoms with Gasteiger partial charge in [0.15, 0.2) is 5.54 Å². The largest absolute Gasteiger partial charge is 0.325 e. The van der Waals surface area contributed by atoms with E-state index in [4.69, 9.17) is 0 Å². The van der Waals surface area contributed by atoms with Crippen molar-refractivity contribution in [2.75, 3.05) is 19.6 Å². The molecule has 5 rings (SSSR count). The predicted octanol–water partition coefficient (Wildman–Crippen LogP) is 4.66. The highest BCUT2D eigenvalue weighted by Crippen LogP contribution is 2.41. The Morgan fingerprint density at radius 2 is 1.91 bits per heavy atom. The molecule has 0 bridgehead atoms. The maximum Gasteiger partial charge on any atom is 0.325 e. The average Bonchev–Trinajstić information content (AvgIpc) is 3.47. The lowest BCUT2D eigenvalue weighted by atomic mass is 9.75. The molecule has 2 aliphatic heterocycles. The van der Waals surface area contributed by atoms with Crippen LogP contribution in [0.5, 0.6) is 0 Å². The van der Waals surface area contributed by atoms with E-state index >= 15 is 0 Å². The van der Waals surface area contributed by atoms with E-state index in [0.717, 1.165) is 32.5 Å². The van der Waals surface area contributed by atoms with Crippen LogP contribution in [0, 0.1) is 19.8 Å². The molecular weight excluding hydrogens is 456 g/mol. The second-order valence-corrected chi connectivity index (χ2v) is 10.8. The van der Waals surface area contributed by atoms with E-state index in [-0.39, 0.29) is 17.9 Å². The highest BCUT2D eigenvalue weighted by atomic mass is 32.1. The number of piperidine rings is 1. The van der Waals surface area contributed by atoms with Gasteiger partial charge in [-0.2, -0.15) is 0 Å². The lowest BCUT2D eigenvalue weighted by molar-refractivity contribution is -0.134. The van der Waals surface area contributed by atoms with Crippen molar-refractivity contribution in [1.29, 1.82) is 0 Å². The van der Waals surface area contributed by atoms with E-state index in [1.165, 1.54) is 26.5 Å². The van der Waals surface area contributed by atoms with Gasteiger partial charge in [-0.3, -0.25) is 19.6 Å². The van der Waals surface area contributed by atoms with Gasteiger partial charge in [-0.05, 0) is 86.8 Å². The van der Waals surface area contributed by atoms with Gasteiger partial charge in [0.1, 0.15) is 0 Å². The number of aromatic nitrogens is 1. The quantitative estimate of drug-likeness (QED) is 0.491. The lowest BCUT2D eigenvalue weighted by Gasteiger charge is -2.40. The fourth-order valence-electron chi connectivity index (χ4n) is 5.52. The van der Waals surface area contributed by atoms with Crippen LogP contribution in [0.25, 0.3) is 0 Å². The summed E-state index contributed by atoms with van der Waals surface area (Å²) in [6.07, 6.45) is 4.03. The van der Waals surface area contributed by atoms with E-state index in [0.29, 0.717) is 18.7 Å². The minimum absolute atomic E-state index is 0.00375. The number of benzene rings is 1. The summed E-state index contributed by atoms with van der Waals surface area (Å²) < 4.78 is 0. The fraction of sp³-hybridized carbons (Fsp3) is 0.393. The molecule has 2 aromatic heterocycles. The van der Waals surface area contributed by atoms with Crippen molar-refractivity contribution >= 4 is 23.3 Å². The van der Waals surface area contributed by atoms with Crippen LogP contribution in [0.3, 0.4) is 0 Å². The molecule has 1 aromatic carbocycles. The Bertz CT molecular complexity index is 1190. The number of urea groups is 1. The number of nitrogens with zero attached hydrogens (tertiary/aromatic N) is 3. The SMILES string of the molecule is Cc1ccc(CN2CCC(C3(c4ccccn4)NC(=O)N(CCc4cccs4)C3=O)CC2)c(C)c1. The number of likely N-dealkylation sites (tertiary alicyclic amines) is 1. The molecule has 2 saturated heterocycles. The summed E-state index contributed by atoms with van der Waals surface area (Å²) in [7, 11) is 0. The Balaban J connectivity index is 1.34. The van der Waals surface area contributed by atoms with Crippen LogP contribution in [0.15, 0.2) is 60.1 Å². The van der Waals surface area contributed by atoms with E-state index in [1.807, 2.05) is 35.7 Å². The van der Waals surface area contributed by atoms with Crippen LogP contribution >= 0.6 is 11.3 Å². The number of amides is 3. The Morgan fingerprint density at radius 1 is 1.09 bits per heavy atom.